The molecule has 0 bridgehead atoms. The Bertz CT molecular complexity index is 644. The number of halogens is 3. The van der Waals surface area contributed by atoms with Crippen molar-refractivity contribution >= 4 is 28.0 Å². The number of hydrogen-bond acceptors (Lipinski definition) is 2. The average Bonchev–Trinajstić information content (AvgIpc) is 2.72. The van der Waals surface area contributed by atoms with Gasteiger partial charge in [-0.2, -0.15) is 5.10 Å². The molecule has 0 amide bonds. The number of aromatic nitrogens is 2. The van der Waals surface area contributed by atoms with E-state index in [0.717, 1.165) is 29.0 Å². The molecule has 1 aromatic heterocycles. The van der Waals surface area contributed by atoms with Gasteiger partial charge in [-0.05, 0) is 39.7 Å². The van der Waals surface area contributed by atoms with E-state index in [9.17, 15) is 13.6 Å². The molecule has 0 radical (unpaired) electrons. The molecule has 1 aromatic carbocycles. The Balaban J connectivity index is 2.46. The molecule has 4 nitrogen and oxygen atoms in total. The third-order valence-corrected chi connectivity index (χ3v) is 2.65. The van der Waals surface area contributed by atoms with Crippen molar-refractivity contribution < 1.29 is 18.7 Å². The molecule has 0 atom stereocenters. The van der Waals surface area contributed by atoms with Crippen LogP contribution in [0.1, 0.15) is 5.56 Å². The Morgan fingerprint density at radius 2 is 2.00 bits per heavy atom. The molecule has 2 rings (SSSR count). The second-order valence-electron chi connectivity index (χ2n) is 3.61. The minimum Gasteiger partial charge on any atom is -0.478 e. The average molecular weight is 329 g/mol. The van der Waals surface area contributed by atoms with E-state index in [1.54, 1.807) is 0 Å². The SMILES string of the molecule is O=C(O)C=Cc1cc(F)c(-n2cc(Br)cn2)c(F)c1. The van der Waals surface area contributed by atoms with Gasteiger partial charge in [-0.3, -0.25) is 0 Å². The lowest BCUT2D eigenvalue weighted by Gasteiger charge is -2.06. The quantitative estimate of drug-likeness (QED) is 0.881. The zero-order valence-electron chi connectivity index (χ0n) is 9.35. The molecule has 98 valence electrons. The van der Waals surface area contributed by atoms with E-state index in [1.807, 2.05) is 0 Å². The highest BCUT2D eigenvalue weighted by Gasteiger charge is 2.13. The lowest BCUT2D eigenvalue weighted by molar-refractivity contribution is -0.131. The number of aliphatic carboxylic acids is 1. The fraction of sp³-hybridized carbons (Fsp3) is 0. The molecule has 0 aliphatic rings. The number of carbonyl (C=O) groups is 1. The van der Waals surface area contributed by atoms with Crippen molar-refractivity contribution in [3.05, 3.63) is 52.3 Å². The van der Waals surface area contributed by atoms with Crippen molar-refractivity contribution in [3.63, 3.8) is 0 Å². The number of rotatable bonds is 3. The molecular formula is C12H7BrF2N2O2. The second-order valence-corrected chi connectivity index (χ2v) is 4.52. The molecule has 0 spiro atoms. The fourth-order valence-electron chi connectivity index (χ4n) is 1.49. The van der Waals surface area contributed by atoms with Crippen molar-refractivity contribution in [3.8, 4) is 5.69 Å². The number of benzene rings is 1. The maximum Gasteiger partial charge on any atom is 0.328 e. The molecule has 1 N–H and O–H groups in total. The van der Waals surface area contributed by atoms with Crippen molar-refractivity contribution in [2.45, 2.75) is 0 Å². The standard InChI is InChI=1S/C12H7BrF2N2O2/c13-8-5-16-17(6-8)12-9(14)3-7(4-10(12)15)1-2-11(18)19/h1-6H,(H,18,19). The van der Waals surface area contributed by atoms with Gasteiger partial charge in [0.2, 0.25) is 0 Å². The van der Waals surface area contributed by atoms with Gasteiger partial charge in [0.05, 0.1) is 10.7 Å². The highest BCUT2D eigenvalue weighted by Crippen LogP contribution is 2.21. The smallest absolute Gasteiger partial charge is 0.328 e. The minimum atomic E-state index is -1.19. The zero-order valence-corrected chi connectivity index (χ0v) is 10.9. The molecule has 0 saturated heterocycles. The molecule has 7 heteroatoms. The van der Waals surface area contributed by atoms with E-state index < -0.39 is 17.6 Å². The molecule has 0 saturated carbocycles. The number of carboxylic acid groups (broad SMARTS) is 1. The van der Waals surface area contributed by atoms with Gasteiger partial charge in [0.15, 0.2) is 11.6 Å². The van der Waals surface area contributed by atoms with E-state index >= 15 is 0 Å². The van der Waals surface area contributed by atoms with E-state index in [1.165, 1.54) is 12.4 Å². The molecule has 0 fully saturated rings. The van der Waals surface area contributed by atoms with Crippen molar-refractivity contribution in [2.24, 2.45) is 0 Å². The number of carboxylic acids is 1. The summed E-state index contributed by atoms with van der Waals surface area (Å²) in [5, 5.41) is 12.2. The van der Waals surface area contributed by atoms with E-state index in [2.05, 4.69) is 21.0 Å². The van der Waals surface area contributed by atoms with Gasteiger partial charge in [-0.15, -0.1) is 0 Å². The van der Waals surface area contributed by atoms with Crippen molar-refractivity contribution in [1.29, 1.82) is 0 Å². The molecule has 0 unspecified atom stereocenters. The summed E-state index contributed by atoms with van der Waals surface area (Å²) >= 11 is 3.13. The molecular weight excluding hydrogens is 322 g/mol. The lowest BCUT2D eigenvalue weighted by atomic mass is 10.1. The highest BCUT2D eigenvalue weighted by molar-refractivity contribution is 9.10. The Morgan fingerprint density at radius 1 is 1.37 bits per heavy atom. The van der Waals surface area contributed by atoms with Crippen LogP contribution in [0.4, 0.5) is 8.78 Å². The Labute approximate surface area is 115 Å². The van der Waals surface area contributed by atoms with Gasteiger partial charge in [0, 0.05) is 12.3 Å². The molecule has 19 heavy (non-hydrogen) atoms. The molecule has 1 heterocycles. The minimum absolute atomic E-state index is 0.118. The molecule has 0 aliphatic heterocycles. The van der Waals surface area contributed by atoms with Crippen molar-refractivity contribution in [2.75, 3.05) is 0 Å². The summed E-state index contributed by atoms with van der Waals surface area (Å²) in [6.45, 7) is 0. The Morgan fingerprint density at radius 3 is 2.47 bits per heavy atom. The largest absolute Gasteiger partial charge is 0.478 e. The zero-order chi connectivity index (χ0) is 14.0. The van der Waals surface area contributed by atoms with E-state index in [0.29, 0.717) is 4.47 Å². The van der Waals surface area contributed by atoms with E-state index in [-0.39, 0.29) is 11.3 Å². The number of nitrogens with zero attached hydrogens (tertiary/aromatic N) is 2. The third kappa shape index (κ3) is 3.05. The molecule has 2 aromatic rings. The summed E-state index contributed by atoms with van der Waals surface area (Å²) < 4.78 is 29.3. The summed E-state index contributed by atoms with van der Waals surface area (Å²) in [5.74, 6) is -2.86. The Hall–Kier alpha value is -2.02. The first-order valence-corrected chi connectivity index (χ1v) is 5.87. The predicted octanol–water partition coefficient (Wildman–Crippen LogP) is 3.01. The summed E-state index contributed by atoms with van der Waals surface area (Å²) in [6, 6.07) is 2.07. The van der Waals surface area contributed by atoms with Crippen LogP contribution >= 0.6 is 15.9 Å². The van der Waals surface area contributed by atoms with Crippen LogP contribution in [0.2, 0.25) is 0 Å². The first-order chi connectivity index (χ1) is 8.97. The van der Waals surface area contributed by atoms with E-state index in [4.69, 9.17) is 5.11 Å². The van der Waals surface area contributed by atoms with Gasteiger partial charge in [0.25, 0.3) is 0 Å². The van der Waals surface area contributed by atoms with Crippen LogP contribution in [0.15, 0.2) is 35.1 Å². The fourth-order valence-corrected chi connectivity index (χ4v) is 1.78. The maximum atomic E-state index is 13.8. The predicted molar refractivity (Wildman–Crippen MR) is 67.8 cm³/mol. The normalized spacial score (nSPS) is 11.1. The molecule has 0 aliphatic carbocycles. The lowest BCUT2D eigenvalue weighted by Crippen LogP contribution is -2.02. The van der Waals surface area contributed by atoms with Crippen LogP contribution < -0.4 is 0 Å². The van der Waals surface area contributed by atoms with Gasteiger partial charge in [-0.25, -0.2) is 18.3 Å². The third-order valence-electron chi connectivity index (χ3n) is 2.24. The van der Waals surface area contributed by atoms with Gasteiger partial charge < -0.3 is 5.11 Å². The number of hydrogen-bond donors (Lipinski definition) is 1. The van der Waals surface area contributed by atoms with Gasteiger partial charge in [-0.1, -0.05) is 0 Å². The second kappa shape index (κ2) is 5.31. The van der Waals surface area contributed by atoms with Crippen LogP contribution in [0.5, 0.6) is 0 Å². The first-order valence-electron chi connectivity index (χ1n) is 5.08. The summed E-state index contributed by atoms with van der Waals surface area (Å²) in [6.07, 6.45) is 4.72. The van der Waals surface area contributed by atoms with Crippen LogP contribution in [0.3, 0.4) is 0 Å². The van der Waals surface area contributed by atoms with Crippen LogP contribution in [-0.2, 0) is 4.79 Å². The van der Waals surface area contributed by atoms with Crippen LogP contribution in [0.25, 0.3) is 11.8 Å². The monoisotopic (exact) mass is 328 g/mol. The highest BCUT2D eigenvalue weighted by atomic mass is 79.9. The van der Waals surface area contributed by atoms with Crippen LogP contribution in [0, 0.1) is 11.6 Å². The van der Waals surface area contributed by atoms with Crippen molar-refractivity contribution in [1.82, 2.24) is 9.78 Å². The first kappa shape index (κ1) is 13.4. The maximum absolute atomic E-state index is 13.8. The topological polar surface area (TPSA) is 55.1 Å². The van der Waals surface area contributed by atoms with Gasteiger partial charge >= 0.3 is 5.97 Å². The Kier molecular flexibility index (Phi) is 3.75. The van der Waals surface area contributed by atoms with Crippen LogP contribution in [-0.4, -0.2) is 20.9 Å². The summed E-state index contributed by atoms with van der Waals surface area (Å²) in [7, 11) is 0. The van der Waals surface area contributed by atoms with Gasteiger partial charge in [0.1, 0.15) is 5.69 Å². The summed E-state index contributed by atoms with van der Waals surface area (Å²) in [4.78, 5) is 10.3. The summed E-state index contributed by atoms with van der Waals surface area (Å²) in [5.41, 5.74) is -0.203.